The second-order valence-electron chi connectivity index (χ2n) is 5.41. The van der Waals surface area contributed by atoms with E-state index in [1.807, 2.05) is 30.3 Å². The van der Waals surface area contributed by atoms with Crippen LogP contribution in [-0.4, -0.2) is 17.0 Å². The van der Waals surface area contributed by atoms with Crippen molar-refractivity contribution in [3.8, 4) is 0 Å². The summed E-state index contributed by atoms with van der Waals surface area (Å²) in [5.41, 5.74) is 3.93. The fourth-order valence-corrected chi connectivity index (χ4v) is 2.56. The first-order chi connectivity index (χ1) is 11.2. The summed E-state index contributed by atoms with van der Waals surface area (Å²) >= 11 is 0. The summed E-state index contributed by atoms with van der Waals surface area (Å²) in [6.07, 6.45) is 2.10. The van der Waals surface area contributed by atoms with Gasteiger partial charge in [-0.1, -0.05) is 42.5 Å². The van der Waals surface area contributed by atoms with E-state index in [0.29, 0.717) is 5.56 Å². The first-order valence-electron chi connectivity index (χ1n) is 7.28. The van der Waals surface area contributed by atoms with Crippen molar-refractivity contribution < 1.29 is 9.72 Å². The van der Waals surface area contributed by atoms with Crippen molar-refractivity contribution in [2.24, 2.45) is 11.0 Å². The van der Waals surface area contributed by atoms with Crippen LogP contribution in [0.4, 0.5) is 5.69 Å². The third-order valence-corrected chi connectivity index (χ3v) is 3.87. The Hall–Kier alpha value is -3.02. The van der Waals surface area contributed by atoms with Gasteiger partial charge < -0.3 is 0 Å². The van der Waals surface area contributed by atoms with Crippen LogP contribution in [-0.2, 0) is 4.79 Å². The fourth-order valence-electron chi connectivity index (χ4n) is 2.56. The van der Waals surface area contributed by atoms with E-state index in [4.69, 9.17) is 0 Å². The van der Waals surface area contributed by atoms with E-state index in [2.05, 4.69) is 10.5 Å². The molecule has 2 atom stereocenters. The molecule has 0 aromatic heterocycles. The minimum atomic E-state index is -0.477. The average molecular weight is 309 g/mol. The van der Waals surface area contributed by atoms with Gasteiger partial charge in [0, 0.05) is 12.0 Å². The lowest BCUT2D eigenvalue weighted by molar-refractivity contribution is -0.385. The van der Waals surface area contributed by atoms with E-state index in [1.54, 1.807) is 18.2 Å². The summed E-state index contributed by atoms with van der Waals surface area (Å²) in [6, 6.07) is 16.1. The number of benzene rings is 2. The Morgan fingerprint density at radius 2 is 1.87 bits per heavy atom. The molecule has 6 heteroatoms. The number of nitrogens with zero attached hydrogens (tertiary/aromatic N) is 2. The van der Waals surface area contributed by atoms with Crippen molar-refractivity contribution in [2.45, 2.75) is 12.3 Å². The largest absolute Gasteiger partial charge is 0.278 e. The predicted octanol–water partition coefficient (Wildman–Crippen LogP) is 2.85. The molecule has 0 radical (unpaired) electrons. The van der Waals surface area contributed by atoms with Crippen LogP contribution in [0.1, 0.15) is 23.5 Å². The summed E-state index contributed by atoms with van der Waals surface area (Å²) in [7, 11) is 0. The maximum atomic E-state index is 12.0. The molecular formula is C17H15N3O3. The standard InChI is InChI=1S/C17H15N3O3/c21-17(15-10-14(15)12-6-2-1-3-7-12)19-18-11-13-8-4-5-9-16(13)20(22)23/h1-9,11,14-15H,10H2,(H,19,21)/t14-,15+/m1/s1. The Morgan fingerprint density at radius 1 is 1.17 bits per heavy atom. The van der Waals surface area contributed by atoms with Crippen molar-refractivity contribution in [3.63, 3.8) is 0 Å². The fraction of sp³-hybridized carbons (Fsp3) is 0.176. The number of carbonyl (C=O) groups is 1. The number of para-hydroxylation sites is 1. The molecule has 3 rings (SSSR count). The minimum Gasteiger partial charge on any atom is -0.273 e. The normalized spacial score (nSPS) is 19.5. The molecule has 1 amide bonds. The monoisotopic (exact) mass is 309 g/mol. The van der Waals surface area contributed by atoms with E-state index in [9.17, 15) is 14.9 Å². The second-order valence-corrected chi connectivity index (χ2v) is 5.41. The van der Waals surface area contributed by atoms with E-state index in [-0.39, 0.29) is 23.4 Å². The van der Waals surface area contributed by atoms with Crippen molar-refractivity contribution >= 4 is 17.8 Å². The number of hydrazone groups is 1. The molecule has 0 bridgehead atoms. The topological polar surface area (TPSA) is 84.6 Å². The van der Waals surface area contributed by atoms with E-state index >= 15 is 0 Å². The predicted molar refractivity (Wildman–Crippen MR) is 86.1 cm³/mol. The molecule has 116 valence electrons. The highest BCUT2D eigenvalue weighted by Gasteiger charge is 2.43. The van der Waals surface area contributed by atoms with Gasteiger partial charge in [-0.3, -0.25) is 14.9 Å². The van der Waals surface area contributed by atoms with Crippen molar-refractivity contribution in [1.29, 1.82) is 0 Å². The molecule has 2 aromatic rings. The Morgan fingerprint density at radius 3 is 2.61 bits per heavy atom. The highest BCUT2D eigenvalue weighted by atomic mass is 16.6. The summed E-state index contributed by atoms with van der Waals surface area (Å²) in [5.74, 6) is -0.00791. The molecule has 0 spiro atoms. The highest BCUT2D eigenvalue weighted by Crippen LogP contribution is 2.47. The van der Waals surface area contributed by atoms with Crippen LogP contribution in [0, 0.1) is 16.0 Å². The van der Waals surface area contributed by atoms with E-state index < -0.39 is 4.92 Å². The number of nitrogens with one attached hydrogen (secondary N) is 1. The molecule has 2 aromatic carbocycles. The van der Waals surface area contributed by atoms with E-state index in [1.165, 1.54) is 12.3 Å². The van der Waals surface area contributed by atoms with Gasteiger partial charge in [-0.15, -0.1) is 0 Å². The lowest BCUT2D eigenvalue weighted by Crippen LogP contribution is -2.20. The zero-order valence-electron chi connectivity index (χ0n) is 12.3. The average Bonchev–Trinajstić information content (AvgIpc) is 3.36. The lowest BCUT2D eigenvalue weighted by atomic mass is 10.1. The van der Waals surface area contributed by atoms with Crippen LogP contribution in [0.2, 0.25) is 0 Å². The van der Waals surface area contributed by atoms with Gasteiger partial charge in [-0.2, -0.15) is 5.10 Å². The van der Waals surface area contributed by atoms with Crippen LogP contribution < -0.4 is 5.43 Å². The Kier molecular flexibility index (Phi) is 4.14. The number of carbonyl (C=O) groups excluding carboxylic acids is 1. The maximum Gasteiger partial charge on any atom is 0.278 e. The first-order valence-corrected chi connectivity index (χ1v) is 7.28. The zero-order chi connectivity index (χ0) is 16.2. The van der Waals surface area contributed by atoms with Gasteiger partial charge in [0.1, 0.15) is 0 Å². The SMILES string of the molecule is O=C(NN=Cc1ccccc1[N+](=O)[O-])[C@H]1C[C@@H]1c1ccccc1. The van der Waals surface area contributed by atoms with Crippen LogP contribution in [0.3, 0.4) is 0 Å². The highest BCUT2D eigenvalue weighted by molar-refractivity contribution is 5.88. The summed E-state index contributed by atoms with van der Waals surface area (Å²) < 4.78 is 0. The van der Waals surface area contributed by atoms with Crippen LogP contribution in [0.5, 0.6) is 0 Å². The van der Waals surface area contributed by atoms with Crippen molar-refractivity contribution in [1.82, 2.24) is 5.43 Å². The first kappa shape index (κ1) is 14.9. The van der Waals surface area contributed by atoms with Gasteiger partial charge in [0.25, 0.3) is 5.69 Å². The van der Waals surface area contributed by atoms with E-state index in [0.717, 1.165) is 12.0 Å². The number of rotatable bonds is 5. The molecule has 0 unspecified atom stereocenters. The van der Waals surface area contributed by atoms with Crippen LogP contribution >= 0.6 is 0 Å². The molecule has 0 heterocycles. The molecule has 6 nitrogen and oxygen atoms in total. The Balaban J connectivity index is 1.59. The van der Waals surface area contributed by atoms with Gasteiger partial charge in [0.2, 0.25) is 5.91 Å². The smallest absolute Gasteiger partial charge is 0.273 e. The molecule has 0 saturated heterocycles. The molecule has 1 saturated carbocycles. The molecule has 1 aliphatic rings. The third-order valence-electron chi connectivity index (χ3n) is 3.87. The van der Waals surface area contributed by atoms with Crippen LogP contribution in [0.25, 0.3) is 0 Å². The van der Waals surface area contributed by atoms with Crippen molar-refractivity contribution in [2.75, 3.05) is 0 Å². The second kappa shape index (κ2) is 6.39. The molecule has 1 aliphatic carbocycles. The van der Waals surface area contributed by atoms with Gasteiger partial charge in [0.05, 0.1) is 16.7 Å². The number of hydrogen-bond acceptors (Lipinski definition) is 4. The van der Waals surface area contributed by atoms with Crippen LogP contribution in [0.15, 0.2) is 59.7 Å². The maximum absolute atomic E-state index is 12.0. The molecule has 23 heavy (non-hydrogen) atoms. The molecule has 1 fully saturated rings. The lowest BCUT2D eigenvalue weighted by Gasteiger charge is -2.00. The molecular weight excluding hydrogens is 294 g/mol. The summed E-state index contributed by atoms with van der Waals surface area (Å²) in [6.45, 7) is 0. The molecule has 1 N–H and O–H groups in total. The summed E-state index contributed by atoms with van der Waals surface area (Å²) in [5, 5.41) is 14.7. The number of hydrogen-bond donors (Lipinski definition) is 1. The van der Waals surface area contributed by atoms with Gasteiger partial charge in [-0.25, -0.2) is 5.43 Å². The third kappa shape index (κ3) is 3.42. The number of nitro benzene ring substituents is 1. The quantitative estimate of drug-likeness (QED) is 0.523. The van der Waals surface area contributed by atoms with Gasteiger partial charge in [-0.05, 0) is 24.0 Å². The molecule has 0 aliphatic heterocycles. The Labute approximate surface area is 133 Å². The van der Waals surface area contributed by atoms with Gasteiger partial charge in [0.15, 0.2) is 0 Å². The Bertz CT molecular complexity index is 759. The van der Waals surface area contributed by atoms with Gasteiger partial charge >= 0.3 is 0 Å². The zero-order valence-corrected chi connectivity index (χ0v) is 12.3. The summed E-state index contributed by atoms with van der Waals surface area (Å²) in [4.78, 5) is 22.5. The minimum absolute atomic E-state index is 0.0425. The number of nitro groups is 1. The number of amides is 1. The van der Waals surface area contributed by atoms with Crippen molar-refractivity contribution in [3.05, 3.63) is 75.8 Å².